The summed E-state index contributed by atoms with van der Waals surface area (Å²) < 4.78 is 6.66. The first-order valence-corrected chi connectivity index (χ1v) is 10.9. The molecule has 0 amide bonds. The van der Waals surface area contributed by atoms with Crippen LogP contribution in [0.2, 0.25) is 17.6 Å². The van der Waals surface area contributed by atoms with Gasteiger partial charge in [-0.15, -0.1) is 0 Å². The normalized spacial score (nSPS) is 24.7. The Morgan fingerprint density at radius 3 is 1.50 bits per heavy atom. The lowest BCUT2D eigenvalue weighted by Gasteiger charge is -2.45. The van der Waals surface area contributed by atoms with Crippen LogP contribution in [0.3, 0.4) is 0 Å². The lowest BCUT2D eigenvalue weighted by Crippen LogP contribution is -2.48. The van der Waals surface area contributed by atoms with Crippen LogP contribution in [0.1, 0.15) is 78.1 Å². The molecule has 0 atom stereocenters. The van der Waals surface area contributed by atoms with Gasteiger partial charge in [-0.3, -0.25) is 0 Å². The highest BCUT2D eigenvalue weighted by molar-refractivity contribution is 6.75. The van der Waals surface area contributed by atoms with Crippen LogP contribution in [0, 0.1) is 0 Å². The van der Waals surface area contributed by atoms with Gasteiger partial charge in [-0.05, 0) is 31.5 Å². The Morgan fingerprint density at radius 2 is 1.17 bits per heavy atom. The molecule has 2 heteroatoms. The van der Waals surface area contributed by atoms with Crippen LogP contribution in [0.5, 0.6) is 0 Å². The summed E-state index contributed by atoms with van der Waals surface area (Å²) in [6, 6.07) is 0. The van der Waals surface area contributed by atoms with E-state index in [2.05, 4.69) is 20.4 Å². The van der Waals surface area contributed by atoms with Crippen molar-refractivity contribution in [3.63, 3.8) is 0 Å². The molecule has 0 aromatic carbocycles. The van der Waals surface area contributed by atoms with Gasteiger partial charge in [-0.1, -0.05) is 64.2 Å². The van der Waals surface area contributed by atoms with E-state index >= 15 is 0 Å². The zero-order chi connectivity index (χ0) is 13.0. The molecule has 0 saturated heterocycles. The summed E-state index contributed by atoms with van der Waals surface area (Å²) in [7, 11) is -1.51. The van der Waals surface area contributed by atoms with Gasteiger partial charge < -0.3 is 4.43 Å². The number of rotatable bonds is 4. The zero-order valence-electron chi connectivity index (χ0n) is 12.7. The van der Waals surface area contributed by atoms with E-state index in [0.717, 1.165) is 11.1 Å². The third-order valence-electron chi connectivity index (χ3n) is 5.32. The molecule has 106 valence electrons. The highest BCUT2D eigenvalue weighted by Gasteiger charge is 2.46. The molecule has 18 heavy (non-hydrogen) atoms. The maximum Gasteiger partial charge on any atom is 0.196 e. The van der Waals surface area contributed by atoms with Crippen molar-refractivity contribution in [2.75, 3.05) is 0 Å². The van der Waals surface area contributed by atoms with Gasteiger partial charge >= 0.3 is 0 Å². The molecule has 0 aliphatic heterocycles. The zero-order valence-corrected chi connectivity index (χ0v) is 13.7. The molecule has 2 fully saturated rings. The van der Waals surface area contributed by atoms with E-state index in [1.54, 1.807) is 0 Å². The molecule has 2 saturated carbocycles. The first-order valence-electron chi connectivity index (χ1n) is 8.30. The van der Waals surface area contributed by atoms with E-state index in [1.807, 2.05) is 0 Å². The molecule has 0 aromatic rings. The minimum absolute atomic E-state index is 0.436. The van der Waals surface area contributed by atoms with Crippen molar-refractivity contribution in [1.29, 1.82) is 0 Å². The van der Waals surface area contributed by atoms with Gasteiger partial charge in [0, 0.05) is 6.10 Å². The fraction of sp³-hybridized carbons (Fsp3) is 1.00. The van der Waals surface area contributed by atoms with Crippen LogP contribution in [0.25, 0.3) is 0 Å². The van der Waals surface area contributed by atoms with Crippen molar-refractivity contribution in [2.24, 2.45) is 0 Å². The SMILES string of the molecule is CC(C)O[Si](C)(C1CCCCC1)C1CCCCC1. The summed E-state index contributed by atoms with van der Waals surface area (Å²) in [4.78, 5) is 0. The highest BCUT2D eigenvalue weighted by atomic mass is 28.4. The molecule has 2 aliphatic rings. The van der Waals surface area contributed by atoms with Gasteiger partial charge in [0.05, 0.1) is 0 Å². The van der Waals surface area contributed by atoms with E-state index in [0.29, 0.717) is 6.10 Å². The Kier molecular flexibility index (Phi) is 5.31. The smallest absolute Gasteiger partial charge is 0.196 e. The van der Waals surface area contributed by atoms with Crippen LogP contribution in [-0.2, 0) is 4.43 Å². The molecular weight excluding hydrogens is 236 g/mol. The lowest BCUT2D eigenvalue weighted by molar-refractivity contribution is 0.202. The summed E-state index contributed by atoms with van der Waals surface area (Å²) in [6.07, 6.45) is 15.1. The van der Waals surface area contributed by atoms with Crippen molar-refractivity contribution in [2.45, 2.75) is 102 Å². The predicted molar refractivity (Wildman–Crippen MR) is 81.5 cm³/mol. The van der Waals surface area contributed by atoms with Gasteiger partial charge in [0.15, 0.2) is 8.32 Å². The maximum absolute atomic E-state index is 6.66. The molecule has 0 N–H and O–H groups in total. The third kappa shape index (κ3) is 3.39. The van der Waals surface area contributed by atoms with Crippen LogP contribution in [-0.4, -0.2) is 14.4 Å². The maximum atomic E-state index is 6.66. The second kappa shape index (κ2) is 6.56. The topological polar surface area (TPSA) is 9.23 Å². The molecule has 0 spiro atoms. The van der Waals surface area contributed by atoms with E-state index in [9.17, 15) is 0 Å². The second-order valence-electron chi connectivity index (χ2n) is 7.02. The van der Waals surface area contributed by atoms with Gasteiger partial charge in [0.2, 0.25) is 0 Å². The van der Waals surface area contributed by atoms with Gasteiger partial charge in [0.1, 0.15) is 0 Å². The fourth-order valence-corrected chi connectivity index (χ4v) is 9.56. The van der Waals surface area contributed by atoms with Crippen molar-refractivity contribution >= 4 is 8.32 Å². The Balaban J connectivity index is 2.09. The number of hydrogen-bond donors (Lipinski definition) is 0. The molecule has 2 aliphatic carbocycles. The van der Waals surface area contributed by atoms with Crippen LogP contribution >= 0.6 is 0 Å². The second-order valence-corrected chi connectivity index (χ2v) is 11.3. The van der Waals surface area contributed by atoms with Crippen molar-refractivity contribution in [3.8, 4) is 0 Å². The average molecular weight is 269 g/mol. The molecule has 0 aromatic heterocycles. The van der Waals surface area contributed by atoms with E-state index in [-0.39, 0.29) is 0 Å². The minimum atomic E-state index is -1.51. The Bertz CT molecular complexity index is 221. The van der Waals surface area contributed by atoms with Gasteiger partial charge in [0.25, 0.3) is 0 Å². The van der Waals surface area contributed by atoms with Crippen molar-refractivity contribution in [3.05, 3.63) is 0 Å². The van der Waals surface area contributed by atoms with Crippen molar-refractivity contribution < 1.29 is 4.43 Å². The summed E-state index contributed by atoms with van der Waals surface area (Å²) in [5.41, 5.74) is 1.91. The van der Waals surface area contributed by atoms with Gasteiger partial charge in [-0.25, -0.2) is 0 Å². The van der Waals surface area contributed by atoms with Crippen LogP contribution in [0.15, 0.2) is 0 Å². The largest absolute Gasteiger partial charge is 0.414 e. The highest BCUT2D eigenvalue weighted by Crippen LogP contribution is 2.48. The van der Waals surface area contributed by atoms with E-state index in [1.165, 1.54) is 64.2 Å². The molecule has 0 radical (unpaired) electrons. The average Bonchev–Trinajstić information content (AvgIpc) is 2.40. The molecule has 0 bridgehead atoms. The molecule has 1 nitrogen and oxygen atoms in total. The summed E-state index contributed by atoms with van der Waals surface area (Å²) in [6.45, 7) is 7.08. The van der Waals surface area contributed by atoms with Gasteiger partial charge in [-0.2, -0.15) is 0 Å². The Morgan fingerprint density at radius 1 is 0.778 bits per heavy atom. The summed E-state index contributed by atoms with van der Waals surface area (Å²) in [5.74, 6) is 0. The van der Waals surface area contributed by atoms with Crippen LogP contribution in [0.4, 0.5) is 0 Å². The summed E-state index contributed by atoms with van der Waals surface area (Å²) >= 11 is 0. The van der Waals surface area contributed by atoms with E-state index < -0.39 is 8.32 Å². The number of hydrogen-bond acceptors (Lipinski definition) is 1. The summed E-state index contributed by atoms with van der Waals surface area (Å²) in [5, 5.41) is 0. The molecule has 0 unspecified atom stereocenters. The lowest BCUT2D eigenvalue weighted by atomic mass is 9.99. The van der Waals surface area contributed by atoms with Crippen molar-refractivity contribution in [1.82, 2.24) is 0 Å². The minimum Gasteiger partial charge on any atom is -0.414 e. The predicted octanol–water partition coefficient (Wildman–Crippen LogP) is 5.66. The molecule has 0 heterocycles. The Hall–Kier alpha value is 0.177. The first-order chi connectivity index (χ1) is 8.63. The molecular formula is C16H32OSi. The Labute approximate surface area is 115 Å². The quantitative estimate of drug-likeness (QED) is 0.598. The first kappa shape index (κ1) is 14.6. The fourth-order valence-electron chi connectivity index (χ4n) is 4.39. The molecule has 2 rings (SSSR count). The van der Waals surface area contributed by atoms with E-state index in [4.69, 9.17) is 4.43 Å². The third-order valence-corrected chi connectivity index (χ3v) is 10.7. The van der Waals surface area contributed by atoms with Crippen LogP contribution < -0.4 is 0 Å². The standard InChI is InChI=1S/C16H32OSi/c1-14(2)17-18(3,15-10-6-4-7-11-15)16-12-8-5-9-13-16/h14-16H,4-13H2,1-3H3. The monoisotopic (exact) mass is 268 g/mol.